The second-order valence-electron chi connectivity index (χ2n) is 3.75. The fourth-order valence-electron chi connectivity index (χ4n) is 1.26. The SMILES string of the molecule is CC(=O)N[C@H](NC(=S)Nc1ccccc1Br)C(Cl)(Cl)Cl. The van der Waals surface area contributed by atoms with Gasteiger partial charge >= 0.3 is 0 Å². The van der Waals surface area contributed by atoms with Gasteiger partial charge in [-0.3, -0.25) is 4.79 Å². The van der Waals surface area contributed by atoms with Crippen molar-refractivity contribution in [1.82, 2.24) is 10.6 Å². The molecule has 0 aliphatic heterocycles. The highest BCUT2D eigenvalue weighted by Gasteiger charge is 2.34. The van der Waals surface area contributed by atoms with Gasteiger partial charge in [-0.2, -0.15) is 0 Å². The number of thiocarbonyl (C=S) groups is 1. The Balaban J connectivity index is 2.72. The molecule has 0 radical (unpaired) electrons. The third-order valence-electron chi connectivity index (χ3n) is 2.07. The number of alkyl halides is 3. The van der Waals surface area contributed by atoms with E-state index in [1.165, 1.54) is 6.92 Å². The van der Waals surface area contributed by atoms with Gasteiger partial charge in [0.2, 0.25) is 9.70 Å². The standard InChI is InChI=1S/C11H11BrCl3N3OS/c1-6(19)16-9(11(13,14)15)18-10(20)17-8-5-3-2-4-7(8)12/h2-5,9H,1H3,(H,16,19)(H2,17,18,20)/t9-/m1/s1. The third-order valence-corrected chi connectivity index (χ3v) is 3.64. The fraction of sp³-hybridized carbons (Fsp3) is 0.273. The van der Waals surface area contributed by atoms with Crippen molar-refractivity contribution in [3.63, 3.8) is 0 Å². The van der Waals surface area contributed by atoms with Crippen molar-refractivity contribution in [1.29, 1.82) is 0 Å². The lowest BCUT2D eigenvalue weighted by Gasteiger charge is -2.27. The number of para-hydroxylation sites is 1. The zero-order chi connectivity index (χ0) is 15.3. The van der Waals surface area contributed by atoms with Gasteiger partial charge in [-0.25, -0.2) is 0 Å². The van der Waals surface area contributed by atoms with E-state index in [2.05, 4.69) is 31.9 Å². The van der Waals surface area contributed by atoms with E-state index in [1.807, 2.05) is 24.3 Å². The van der Waals surface area contributed by atoms with Crippen LogP contribution >= 0.6 is 63.0 Å². The molecule has 9 heteroatoms. The average molecular weight is 420 g/mol. The maximum Gasteiger partial charge on any atom is 0.228 e. The molecule has 110 valence electrons. The van der Waals surface area contributed by atoms with Gasteiger partial charge < -0.3 is 16.0 Å². The predicted octanol–water partition coefficient (Wildman–Crippen LogP) is 3.57. The number of amides is 1. The van der Waals surface area contributed by atoms with Crippen LogP contribution in [0.2, 0.25) is 0 Å². The molecule has 0 spiro atoms. The van der Waals surface area contributed by atoms with Crippen molar-refractivity contribution in [3.8, 4) is 0 Å². The van der Waals surface area contributed by atoms with Crippen molar-refractivity contribution in [2.24, 2.45) is 0 Å². The zero-order valence-corrected chi connectivity index (χ0v) is 14.9. The summed E-state index contributed by atoms with van der Waals surface area (Å²) in [5.41, 5.74) is 0.746. The van der Waals surface area contributed by atoms with Crippen LogP contribution < -0.4 is 16.0 Å². The van der Waals surface area contributed by atoms with E-state index in [4.69, 9.17) is 47.0 Å². The lowest BCUT2D eigenvalue weighted by atomic mass is 10.3. The molecular formula is C11H11BrCl3N3OS. The minimum atomic E-state index is -1.74. The molecule has 0 unspecified atom stereocenters. The van der Waals surface area contributed by atoms with E-state index in [0.29, 0.717) is 0 Å². The Kier molecular flexibility index (Phi) is 6.81. The normalized spacial score (nSPS) is 12.4. The van der Waals surface area contributed by atoms with E-state index in [-0.39, 0.29) is 11.0 Å². The topological polar surface area (TPSA) is 53.2 Å². The van der Waals surface area contributed by atoms with Crippen molar-refractivity contribution < 1.29 is 4.79 Å². The summed E-state index contributed by atoms with van der Waals surface area (Å²) < 4.78 is -0.917. The number of carbonyl (C=O) groups is 1. The van der Waals surface area contributed by atoms with Crippen LogP contribution in [0.1, 0.15) is 6.92 Å². The van der Waals surface area contributed by atoms with Gasteiger partial charge in [0.25, 0.3) is 0 Å². The van der Waals surface area contributed by atoms with Gasteiger partial charge in [0.15, 0.2) is 5.11 Å². The van der Waals surface area contributed by atoms with Crippen LogP contribution in [0.3, 0.4) is 0 Å². The Morgan fingerprint density at radius 1 is 1.30 bits per heavy atom. The second-order valence-corrected chi connectivity index (χ2v) is 7.38. The molecular weight excluding hydrogens is 408 g/mol. The fourth-order valence-corrected chi connectivity index (χ4v) is 2.19. The maximum atomic E-state index is 11.1. The molecule has 0 aromatic heterocycles. The minimum absolute atomic E-state index is 0.210. The highest BCUT2D eigenvalue weighted by Crippen LogP contribution is 2.29. The van der Waals surface area contributed by atoms with E-state index in [0.717, 1.165) is 10.2 Å². The van der Waals surface area contributed by atoms with E-state index in [9.17, 15) is 4.79 Å². The summed E-state index contributed by atoms with van der Waals surface area (Å²) in [5, 5.41) is 8.34. The van der Waals surface area contributed by atoms with Gasteiger partial charge in [0.05, 0.1) is 5.69 Å². The molecule has 0 fully saturated rings. The summed E-state index contributed by atoms with van der Waals surface area (Å²) >= 11 is 25.8. The number of rotatable bonds is 3. The Morgan fingerprint density at radius 2 is 1.90 bits per heavy atom. The van der Waals surface area contributed by atoms with Crippen LogP contribution in [-0.2, 0) is 4.79 Å². The Labute approximate surface area is 145 Å². The molecule has 1 aromatic carbocycles. The molecule has 20 heavy (non-hydrogen) atoms. The molecule has 0 saturated carbocycles. The molecule has 1 atom stereocenters. The Morgan fingerprint density at radius 3 is 2.40 bits per heavy atom. The van der Waals surface area contributed by atoms with Crippen LogP contribution in [0.15, 0.2) is 28.7 Å². The smallest absolute Gasteiger partial charge is 0.228 e. The molecule has 0 bridgehead atoms. The summed E-state index contributed by atoms with van der Waals surface area (Å²) in [5.74, 6) is -0.350. The monoisotopic (exact) mass is 417 g/mol. The summed E-state index contributed by atoms with van der Waals surface area (Å²) in [7, 11) is 0. The zero-order valence-electron chi connectivity index (χ0n) is 10.2. The minimum Gasteiger partial charge on any atom is -0.339 e. The van der Waals surface area contributed by atoms with Gasteiger partial charge in [0.1, 0.15) is 6.17 Å². The van der Waals surface area contributed by atoms with Gasteiger partial charge in [0, 0.05) is 11.4 Å². The quantitative estimate of drug-likeness (QED) is 0.398. The van der Waals surface area contributed by atoms with Crippen LogP contribution in [0.5, 0.6) is 0 Å². The number of nitrogens with one attached hydrogen (secondary N) is 3. The van der Waals surface area contributed by atoms with Crippen LogP contribution in [0.4, 0.5) is 5.69 Å². The highest BCUT2D eigenvalue weighted by atomic mass is 79.9. The number of benzene rings is 1. The largest absolute Gasteiger partial charge is 0.339 e. The maximum absolute atomic E-state index is 11.1. The lowest BCUT2D eigenvalue weighted by Crippen LogP contribution is -2.55. The molecule has 3 N–H and O–H groups in total. The molecule has 0 saturated heterocycles. The summed E-state index contributed by atoms with van der Waals surface area (Å²) in [4.78, 5) is 11.1. The summed E-state index contributed by atoms with van der Waals surface area (Å²) in [6.45, 7) is 1.31. The molecule has 0 aliphatic rings. The lowest BCUT2D eigenvalue weighted by molar-refractivity contribution is -0.119. The van der Waals surface area contributed by atoms with Gasteiger partial charge in [-0.15, -0.1) is 0 Å². The first-order valence-corrected chi connectivity index (χ1v) is 7.69. The Hall–Kier alpha value is -0.270. The first-order chi connectivity index (χ1) is 9.20. The molecule has 0 heterocycles. The Bertz CT molecular complexity index is 510. The summed E-state index contributed by atoms with van der Waals surface area (Å²) in [6.07, 6.45) is -0.951. The number of anilines is 1. The second kappa shape index (κ2) is 7.66. The van der Waals surface area contributed by atoms with Crippen LogP contribution in [0.25, 0.3) is 0 Å². The van der Waals surface area contributed by atoms with E-state index >= 15 is 0 Å². The summed E-state index contributed by atoms with van der Waals surface area (Å²) in [6, 6.07) is 7.38. The number of halogens is 4. The third kappa shape index (κ3) is 6.01. The van der Waals surface area contributed by atoms with Crippen molar-refractivity contribution in [2.45, 2.75) is 16.9 Å². The molecule has 1 aromatic rings. The predicted molar refractivity (Wildman–Crippen MR) is 91.4 cm³/mol. The molecule has 0 aliphatic carbocycles. The van der Waals surface area contributed by atoms with E-state index in [1.54, 1.807) is 0 Å². The number of hydrogen-bond acceptors (Lipinski definition) is 2. The van der Waals surface area contributed by atoms with Crippen LogP contribution in [0, 0.1) is 0 Å². The average Bonchev–Trinajstić information content (AvgIpc) is 2.29. The first-order valence-electron chi connectivity index (χ1n) is 5.36. The number of carbonyl (C=O) groups excluding carboxylic acids is 1. The molecule has 1 rings (SSSR count). The van der Waals surface area contributed by atoms with E-state index < -0.39 is 9.96 Å². The van der Waals surface area contributed by atoms with Crippen LogP contribution in [-0.4, -0.2) is 21.0 Å². The van der Waals surface area contributed by atoms with Gasteiger partial charge in [-0.1, -0.05) is 46.9 Å². The molecule has 1 amide bonds. The first kappa shape index (κ1) is 17.8. The highest BCUT2D eigenvalue weighted by molar-refractivity contribution is 9.10. The van der Waals surface area contributed by atoms with Gasteiger partial charge in [-0.05, 0) is 40.3 Å². The van der Waals surface area contributed by atoms with Crippen molar-refractivity contribution in [2.75, 3.05) is 5.32 Å². The molecule has 4 nitrogen and oxygen atoms in total. The van der Waals surface area contributed by atoms with Crippen molar-refractivity contribution in [3.05, 3.63) is 28.7 Å². The van der Waals surface area contributed by atoms with Crippen molar-refractivity contribution >= 4 is 79.7 Å². The number of hydrogen-bond donors (Lipinski definition) is 3.